The fraction of sp³-hybridized carbons (Fsp3) is 0.200. The molecule has 0 heterocycles. The van der Waals surface area contributed by atoms with Crippen LogP contribution >= 0.6 is 0 Å². The fourth-order valence-electron chi connectivity index (χ4n) is 3.27. The molecule has 0 aliphatic rings. The summed E-state index contributed by atoms with van der Waals surface area (Å²) in [6.07, 6.45) is 4.36. The highest BCUT2D eigenvalue weighted by atomic mass is 16.4. The summed E-state index contributed by atoms with van der Waals surface area (Å²) in [5.74, 6) is -1.44. The van der Waals surface area contributed by atoms with Gasteiger partial charge in [-0.3, -0.25) is 4.79 Å². The Balaban J connectivity index is 1.90. The number of para-hydroxylation sites is 2. The first-order valence-corrected chi connectivity index (χ1v) is 10.2. The summed E-state index contributed by atoms with van der Waals surface area (Å²) < 4.78 is 0. The number of aryl methyl sites for hydroxylation is 1. The van der Waals surface area contributed by atoms with Crippen LogP contribution in [0.3, 0.4) is 0 Å². The number of aromatic carboxylic acids is 1. The molecule has 0 saturated carbocycles. The molecule has 3 aromatic rings. The molecule has 0 fully saturated rings. The minimum absolute atomic E-state index is 0.0552. The van der Waals surface area contributed by atoms with Crippen molar-refractivity contribution in [1.29, 1.82) is 0 Å². The van der Waals surface area contributed by atoms with Gasteiger partial charge in [0, 0.05) is 5.69 Å². The zero-order valence-corrected chi connectivity index (χ0v) is 17.0. The zero-order valence-electron chi connectivity index (χ0n) is 17.0. The molecular formula is C25H26N2O3. The molecule has 0 aliphatic carbocycles. The lowest BCUT2D eigenvalue weighted by Gasteiger charge is -2.15. The van der Waals surface area contributed by atoms with Gasteiger partial charge < -0.3 is 15.7 Å². The summed E-state index contributed by atoms with van der Waals surface area (Å²) >= 11 is 0. The predicted molar refractivity (Wildman–Crippen MR) is 121 cm³/mol. The number of amides is 1. The first-order valence-electron chi connectivity index (χ1n) is 10.2. The SMILES string of the molecule is CCCCCc1ccc(C(=O)Nc2ccccc2C(=O)O)c(Nc2ccccc2)c1. The fourth-order valence-corrected chi connectivity index (χ4v) is 3.27. The second kappa shape index (κ2) is 10.3. The van der Waals surface area contributed by atoms with Crippen LogP contribution in [0.5, 0.6) is 0 Å². The maximum Gasteiger partial charge on any atom is 0.337 e. The van der Waals surface area contributed by atoms with Crippen LogP contribution in [0, 0.1) is 0 Å². The van der Waals surface area contributed by atoms with Crippen LogP contribution in [0.2, 0.25) is 0 Å². The minimum Gasteiger partial charge on any atom is -0.478 e. The van der Waals surface area contributed by atoms with Crippen LogP contribution in [0.4, 0.5) is 17.1 Å². The molecule has 3 N–H and O–H groups in total. The van der Waals surface area contributed by atoms with E-state index in [1.165, 1.54) is 6.07 Å². The number of unbranched alkanes of at least 4 members (excludes halogenated alkanes) is 2. The van der Waals surface area contributed by atoms with Gasteiger partial charge in [-0.25, -0.2) is 4.79 Å². The molecule has 0 atom stereocenters. The number of nitrogens with one attached hydrogen (secondary N) is 2. The number of carbonyl (C=O) groups excluding carboxylic acids is 1. The van der Waals surface area contributed by atoms with Gasteiger partial charge in [-0.2, -0.15) is 0 Å². The van der Waals surface area contributed by atoms with E-state index in [0.29, 0.717) is 11.3 Å². The van der Waals surface area contributed by atoms with Gasteiger partial charge in [-0.1, -0.05) is 56.2 Å². The molecule has 30 heavy (non-hydrogen) atoms. The second-order valence-corrected chi connectivity index (χ2v) is 7.13. The van der Waals surface area contributed by atoms with E-state index in [2.05, 4.69) is 17.6 Å². The van der Waals surface area contributed by atoms with Crippen molar-refractivity contribution in [3.63, 3.8) is 0 Å². The van der Waals surface area contributed by atoms with Gasteiger partial charge >= 0.3 is 5.97 Å². The molecule has 0 unspecified atom stereocenters. The maximum atomic E-state index is 13.0. The molecule has 0 radical (unpaired) electrons. The first kappa shape index (κ1) is 21.1. The van der Waals surface area contributed by atoms with Crippen molar-refractivity contribution >= 4 is 28.9 Å². The second-order valence-electron chi connectivity index (χ2n) is 7.13. The summed E-state index contributed by atoms with van der Waals surface area (Å²) in [5, 5.41) is 15.5. The Morgan fingerprint density at radius 1 is 0.833 bits per heavy atom. The average Bonchev–Trinajstić information content (AvgIpc) is 2.75. The molecule has 0 aromatic heterocycles. The first-order chi connectivity index (χ1) is 14.6. The lowest BCUT2D eigenvalue weighted by molar-refractivity contribution is 0.0698. The van der Waals surface area contributed by atoms with Gasteiger partial charge in [0.25, 0.3) is 5.91 Å². The van der Waals surface area contributed by atoms with E-state index in [9.17, 15) is 14.7 Å². The van der Waals surface area contributed by atoms with E-state index < -0.39 is 5.97 Å². The molecule has 0 aliphatic heterocycles. The third kappa shape index (κ3) is 5.47. The van der Waals surface area contributed by atoms with Crippen LogP contribution in [0.25, 0.3) is 0 Å². The molecular weight excluding hydrogens is 376 g/mol. The minimum atomic E-state index is -1.08. The summed E-state index contributed by atoms with van der Waals surface area (Å²) in [6, 6.07) is 21.8. The third-order valence-electron chi connectivity index (χ3n) is 4.86. The Bertz CT molecular complexity index is 1020. The van der Waals surface area contributed by atoms with Crippen molar-refractivity contribution in [3.05, 3.63) is 89.5 Å². The molecule has 3 aromatic carbocycles. The van der Waals surface area contributed by atoms with E-state index >= 15 is 0 Å². The Labute approximate surface area is 176 Å². The number of hydrogen-bond acceptors (Lipinski definition) is 3. The van der Waals surface area contributed by atoms with Crippen molar-refractivity contribution < 1.29 is 14.7 Å². The van der Waals surface area contributed by atoms with Crippen molar-refractivity contribution in [2.45, 2.75) is 32.6 Å². The Kier molecular flexibility index (Phi) is 7.22. The largest absolute Gasteiger partial charge is 0.478 e. The summed E-state index contributed by atoms with van der Waals surface area (Å²) in [5.41, 5.74) is 3.51. The Morgan fingerprint density at radius 2 is 1.57 bits per heavy atom. The van der Waals surface area contributed by atoms with Crippen molar-refractivity contribution in [3.8, 4) is 0 Å². The summed E-state index contributed by atoms with van der Waals surface area (Å²) in [4.78, 5) is 24.5. The van der Waals surface area contributed by atoms with E-state index in [-0.39, 0.29) is 17.2 Å². The predicted octanol–water partition coefficient (Wildman–Crippen LogP) is 6.11. The standard InChI is InChI=1S/C25H26N2O3/c1-2-3-5-10-18-15-16-20(23(17-18)26-19-11-6-4-7-12-19)24(28)27-22-14-9-8-13-21(22)25(29)30/h4,6-9,11-17,26H,2-3,5,10H2,1H3,(H,27,28)(H,29,30). The quantitative estimate of drug-likeness (QED) is 0.377. The molecule has 1 amide bonds. The lowest BCUT2D eigenvalue weighted by atomic mass is 10.0. The number of rotatable bonds is 9. The van der Waals surface area contributed by atoms with Crippen molar-refractivity contribution in [2.24, 2.45) is 0 Å². The molecule has 0 bridgehead atoms. The Morgan fingerprint density at radius 3 is 2.30 bits per heavy atom. The number of carboxylic acid groups (broad SMARTS) is 1. The van der Waals surface area contributed by atoms with Gasteiger partial charge in [0.2, 0.25) is 0 Å². The third-order valence-corrected chi connectivity index (χ3v) is 4.86. The molecule has 5 heteroatoms. The monoisotopic (exact) mass is 402 g/mol. The van der Waals surface area contributed by atoms with Crippen molar-refractivity contribution in [2.75, 3.05) is 10.6 Å². The molecule has 5 nitrogen and oxygen atoms in total. The normalized spacial score (nSPS) is 10.4. The van der Waals surface area contributed by atoms with Crippen LogP contribution in [-0.4, -0.2) is 17.0 Å². The highest BCUT2D eigenvalue weighted by Gasteiger charge is 2.16. The number of carboxylic acids is 1. The van der Waals surface area contributed by atoms with E-state index in [0.717, 1.165) is 36.9 Å². The van der Waals surface area contributed by atoms with Crippen LogP contribution < -0.4 is 10.6 Å². The summed E-state index contributed by atoms with van der Waals surface area (Å²) in [6.45, 7) is 2.17. The molecule has 0 saturated heterocycles. The highest BCUT2D eigenvalue weighted by molar-refractivity contribution is 6.10. The number of anilines is 3. The maximum absolute atomic E-state index is 13.0. The molecule has 3 rings (SSSR count). The lowest BCUT2D eigenvalue weighted by Crippen LogP contribution is -2.16. The number of carbonyl (C=O) groups is 2. The van der Waals surface area contributed by atoms with Gasteiger partial charge in [-0.05, 0) is 54.8 Å². The Hall–Kier alpha value is -3.60. The van der Waals surface area contributed by atoms with Gasteiger partial charge in [0.05, 0.1) is 22.5 Å². The number of benzene rings is 3. The van der Waals surface area contributed by atoms with E-state index in [1.54, 1.807) is 24.3 Å². The molecule has 0 spiro atoms. The van der Waals surface area contributed by atoms with Gasteiger partial charge in [0.15, 0.2) is 0 Å². The van der Waals surface area contributed by atoms with Crippen LogP contribution in [0.15, 0.2) is 72.8 Å². The van der Waals surface area contributed by atoms with Crippen LogP contribution in [-0.2, 0) is 6.42 Å². The highest BCUT2D eigenvalue weighted by Crippen LogP contribution is 2.25. The smallest absolute Gasteiger partial charge is 0.337 e. The molecule has 154 valence electrons. The van der Waals surface area contributed by atoms with Gasteiger partial charge in [0.1, 0.15) is 0 Å². The summed E-state index contributed by atoms with van der Waals surface area (Å²) in [7, 11) is 0. The topological polar surface area (TPSA) is 78.4 Å². The van der Waals surface area contributed by atoms with E-state index in [4.69, 9.17) is 0 Å². The zero-order chi connectivity index (χ0) is 21.3. The number of hydrogen-bond donors (Lipinski definition) is 3. The average molecular weight is 402 g/mol. The van der Waals surface area contributed by atoms with Gasteiger partial charge in [-0.15, -0.1) is 0 Å². The van der Waals surface area contributed by atoms with Crippen LogP contribution in [0.1, 0.15) is 52.5 Å². The van der Waals surface area contributed by atoms with Crippen molar-refractivity contribution in [1.82, 2.24) is 0 Å². The van der Waals surface area contributed by atoms with E-state index in [1.807, 2.05) is 42.5 Å².